The van der Waals surface area contributed by atoms with Crippen LogP contribution >= 0.6 is 0 Å². The van der Waals surface area contributed by atoms with Crippen LogP contribution in [0.1, 0.15) is 39.5 Å². The van der Waals surface area contributed by atoms with Crippen LogP contribution in [0.2, 0.25) is 0 Å². The predicted octanol–water partition coefficient (Wildman–Crippen LogP) is 1.91. The van der Waals surface area contributed by atoms with Gasteiger partial charge in [0.25, 0.3) is 0 Å². The molecule has 0 saturated heterocycles. The molecule has 2 aliphatic carbocycles. The van der Waals surface area contributed by atoms with Crippen LogP contribution in [0.15, 0.2) is 0 Å². The third-order valence-electron chi connectivity index (χ3n) is 4.24. The first kappa shape index (κ1) is 9.47. The fourth-order valence-corrected chi connectivity index (χ4v) is 3.07. The van der Waals surface area contributed by atoms with E-state index >= 15 is 0 Å². The fraction of sp³-hybridized carbons (Fsp3) is 1.00. The molecule has 0 aromatic heterocycles. The second kappa shape index (κ2) is 3.58. The number of nitrogens with one attached hydrogen (secondary N) is 1. The zero-order valence-electron chi connectivity index (χ0n) is 8.79. The highest BCUT2D eigenvalue weighted by Crippen LogP contribution is 2.55. The van der Waals surface area contributed by atoms with Gasteiger partial charge in [-0.2, -0.15) is 0 Å². The number of fused-ring (bicyclic) bond motifs is 1. The molecule has 76 valence electrons. The number of nitrogens with two attached hydrogens (primary N) is 1. The topological polar surface area (TPSA) is 38.0 Å². The Morgan fingerprint density at radius 3 is 2.38 bits per heavy atom. The maximum atomic E-state index is 5.64. The molecule has 3 N–H and O–H groups in total. The summed E-state index contributed by atoms with van der Waals surface area (Å²) in [6.07, 6.45) is 5.61. The molecule has 4 unspecified atom stereocenters. The van der Waals surface area contributed by atoms with Crippen LogP contribution < -0.4 is 11.3 Å². The first-order chi connectivity index (χ1) is 6.26. The van der Waals surface area contributed by atoms with Crippen molar-refractivity contribution in [1.82, 2.24) is 5.43 Å². The molecule has 0 aliphatic heterocycles. The maximum absolute atomic E-state index is 5.64. The Labute approximate surface area is 81.2 Å². The molecular formula is C11H22N2. The molecule has 2 rings (SSSR count). The number of rotatable bonds is 4. The molecule has 4 atom stereocenters. The highest BCUT2D eigenvalue weighted by molar-refractivity contribution is 4.99. The van der Waals surface area contributed by atoms with Gasteiger partial charge in [0.15, 0.2) is 0 Å². The van der Waals surface area contributed by atoms with Crippen molar-refractivity contribution in [3.63, 3.8) is 0 Å². The van der Waals surface area contributed by atoms with Gasteiger partial charge in [-0.25, -0.2) is 0 Å². The Bertz CT molecular complexity index is 171. The summed E-state index contributed by atoms with van der Waals surface area (Å²) in [6, 6.07) is 0.567. The molecule has 0 aromatic rings. The summed E-state index contributed by atoms with van der Waals surface area (Å²) in [7, 11) is 0. The molecule has 13 heavy (non-hydrogen) atoms. The van der Waals surface area contributed by atoms with Crippen LogP contribution in [0.5, 0.6) is 0 Å². The van der Waals surface area contributed by atoms with E-state index in [1.807, 2.05) is 0 Å². The first-order valence-corrected chi connectivity index (χ1v) is 5.72. The second-order valence-electron chi connectivity index (χ2n) is 5.07. The van der Waals surface area contributed by atoms with E-state index in [4.69, 9.17) is 5.84 Å². The van der Waals surface area contributed by atoms with E-state index in [0.717, 1.165) is 23.7 Å². The lowest BCUT2D eigenvalue weighted by Gasteiger charge is -2.29. The van der Waals surface area contributed by atoms with Crippen LogP contribution in [0.25, 0.3) is 0 Å². The largest absolute Gasteiger partial charge is 0.271 e. The molecule has 2 nitrogen and oxygen atoms in total. The van der Waals surface area contributed by atoms with E-state index in [2.05, 4.69) is 19.3 Å². The molecule has 2 heteroatoms. The van der Waals surface area contributed by atoms with Gasteiger partial charge in [-0.3, -0.25) is 11.3 Å². The zero-order valence-corrected chi connectivity index (χ0v) is 8.79. The SMILES string of the molecule is CCC(C)C(NN)C1CC2CC2C1. The number of hydrogen-bond donors (Lipinski definition) is 2. The van der Waals surface area contributed by atoms with Crippen molar-refractivity contribution in [1.29, 1.82) is 0 Å². The summed E-state index contributed by atoms with van der Waals surface area (Å²) in [5, 5.41) is 0. The molecule has 2 fully saturated rings. The summed E-state index contributed by atoms with van der Waals surface area (Å²) in [5.41, 5.74) is 3.04. The van der Waals surface area contributed by atoms with Gasteiger partial charge in [0.1, 0.15) is 0 Å². The summed E-state index contributed by atoms with van der Waals surface area (Å²) in [5.74, 6) is 9.38. The number of hydrazine groups is 1. The van der Waals surface area contributed by atoms with Crippen molar-refractivity contribution in [3.8, 4) is 0 Å². The average molecular weight is 182 g/mol. The number of hydrogen-bond acceptors (Lipinski definition) is 2. The summed E-state index contributed by atoms with van der Waals surface area (Å²) < 4.78 is 0. The van der Waals surface area contributed by atoms with Gasteiger partial charge in [0.2, 0.25) is 0 Å². The van der Waals surface area contributed by atoms with Gasteiger partial charge in [-0.1, -0.05) is 20.3 Å². The molecule has 0 bridgehead atoms. The van der Waals surface area contributed by atoms with E-state index in [9.17, 15) is 0 Å². The minimum atomic E-state index is 0.567. The summed E-state index contributed by atoms with van der Waals surface area (Å²) in [4.78, 5) is 0. The maximum Gasteiger partial charge on any atom is 0.0264 e. The van der Waals surface area contributed by atoms with E-state index in [0.29, 0.717) is 6.04 Å². The monoisotopic (exact) mass is 182 g/mol. The highest BCUT2D eigenvalue weighted by Gasteiger charge is 2.48. The van der Waals surface area contributed by atoms with Crippen molar-refractivity contribution in [3.05, 3.63) is 0 Å². The van der Waals surface area contributed by atoms with Crippen molar-refractivity contribution >= 4 is 0 Å². The quantitative estimate of drug-likeness (QED) is 0.515. The lowest BCUT2D eigenvalue weighted by Crippen LogP contribution is -2.44. The van der Waals surface area contributed by atoms with Crippen LogP contribution in [0.3, 0.4) is 0 Å². The Hall–Kier alpha value is -0.0800. The molecule has 0 amide bonds. The summed E-state index contributed by atoms with van der Waals surface area (Å²) >= 11 is 0. The highest BCUT2D eigenvalue weighted by atomic mass is 15.2. The van der Waals surface area contributed by atoms with Crippen molar-refractivity contribution in [2.75, 3.05) is 0 Å². The van der Waals surface area contributed by atoms with Gasteiger partial charge >= 0.3 is 0 Å². The van der Waals surface area contributed by atoms with E-state index in [1.54, 1.807) is 0 Å². The minimum Gasteiger partial charge on any atom is -0.271 e. The zero-order chi connectivity index (χ0) is 9.42. The molecule has 0 spiro atoms. The standard InChI is InChI=1S/C11H22N2/c1-3-7(2)11(13-12)10-5-8-4-9(8)6-10/h7-11,13H,3-6,12H2,1-2H3. The van der Waals surface area contributed by atoms with Crippen molar-refractivity contribution in [2.45, 2.75) is 45.6 Å². The van der Waals surface area contributed by atoms with Crippen LogP contribution in [-0.4, -0.2) is 6.04 Å². The molecule has 0 radical (unpaired) electrons. The van der Waals surface area contributed by atoms with Crippen LogP contribution in [0.4, 0.5) is 0 Å². The average Bonchev–Trinajstić information content (AvgIpc) is 2.75. The molecule has 2 saturated carbocycles. The lowest BCUT2D eigenvalue weighted by molar-refractivity contribution is 0.254. The van der Waals surface area contributed by atoms with Crippen molar-refractivity contribution < 1.29 is 0 Å². The Balaban J connectivity index is 1.88. The van der Waals surface area contributed by atoms with Gasteiger partial charge in [-0.05, 0) is 42.9 Å². The lowest BCUT2D eigenvalue weighted by atomic mass is 9.85. The van der Waals surface area contributed by atoms with E-state index in [-0.39, 0.29) is 0 Å². The normalized spacial score (nSPS) is 41.3. The smallest absolute Gasteiger partial charge is 0.0264 e. The van der Waals surface area contributed by atoms with Gasteiger partial charge in [-0.15, -0.1) is 0 Å². The Morgan fingerprint density at radius 1 is 1.31 bits per heavy atom. The third kappa shape index (κ3) is 1.75. The van der Waals surface area contributed by atoms with Crippen LogP contribution in [-0.2, 0) is 0 Å². The molecule has 2 aliphatic rings. The van der Waals surface area contributed by atoms with Crippen molar-refractivity contribution in [2.24, 2.45) is 29.5 Å². The Morgan fingerprint density at radius 2 is 1.92 bits per heavy atom. The molecular weight excluding hydrogens is 160 g/mol. The Kier molecular flexibility index (Phi) is 2.61. The fourth-order valence-electron chi connectivity index (χ4n) is 3.07. The van der Waals surface area contributed by atoms with Gasteiger partial charge in [0.05, 0.1) is 0 Å². The molecule has 0 heterocycles. The van der Waals surface area contributed by atoms with E-state index < -0.39 is 0 Å². The first-order valence-electron chi connectivity index (χ1n) is 5.72. The van der Waals surface area contributed by atoms with E-state index in [1.165, 1.54) is 25.7 Å². The van der Waals surface area contributed by atoms with Gasteiger partial charge < -0.3 is 0 Å². The van der Waals surface area contributed by atoms with Crippen LogP contribution in [0, 0.1) is 23.7 Å². The summed E-state index contributed by atoms with van der Waals surface area (Å²) in [6.45, 7) is 4.57. The molecule has 0 aromatic carbocycles. The second-order valence-corrected chi connectivity index (χ2v) is 5.07. The minimum absolute atomic E-state index is 0.567. The third-order valence-corrected chi connectivity index (χ3v) is 4.24. The predicted molar refractivity (Wildman–Crippen MR) is 54.9 cm³/mol. The van der Waals surface area contributed by atoms with Gasteiger partial charge in [0, 0.05) is 6.04 Å².